The van der Waals surface area contributed by atoms with Crippen LogP contribution in [-0.4, -0.2) is 43.8 Å². The number of aryl methyl sites for hydroxylation is 1. The van der Waals surface area contributed by atoms with Crippen LogP contribution in [0.3, 0.4) is 0 Å². The quantitative estimate of drug-likeness (QED) is 0.660. The number of carbonyl (C=O) groups excluding carboxylic acids is 2. The zero-order valence-electron chi connectivity index (χ0n) is 17.7. The number of ether oxygens (including phenoxy) is 1. The Bertz CT molecular complexity index is 1120. The molecule has 172 valence electrons. The van der Waals surface area contributed by atoms with Crippen LogP contribution in [0.4, 0.5) is 14.5 Å². The molecule has 1 saturated heterocycles. The molecule has 1 atom stereocenters. The Morgan fingerprint density at radius 1 is 1.09 bits per heavy atom. The summed E-state index contributed by atoms with van der Waals surface area (Å²) in [5.41, 5.74) is 1.49. The number of nitrogens with zero attached hydrogens (tertiary/aromatic N) is 1. The van der Waals surface area contributed by atoms with E-state index in [1.165, 1.54) is 6.92 Å². The van der Waals surface area contributed by atoms with Crippen LogP contribution in [0.5, 0.6) is 0 Å². The van der Waals surface area contributed by atoms with Crippen molar-refractivity contribution in [3.8, 4) is 0 Å². The summed E-state index contributed by atoms with van der Waals surface area (Å²) in [5, 5.41) is 2.71. The maximum absolute atomic E-state index is 13.4. The summed E-state index contributed by atoms with van der Waals surface area (Å²) in [4.78, 5) is 24.5. The molecule has 0 radical (unpaired) electrons. The number of benzene rings is 2. The molecule has 10 heteroatoms. The molecule has 2 aromatic rings. The van der Waals surface area contributed by atoms with Crippen LogP contribution in [0.1, 0.15) is 25.3 Å². The van der Waals surface area contributed by atoms with Crippen LogP contribution in [0, 0.1) is 24.5 Å². The summed E-state index contributed by atoms with van der Waals surface area (Å²) in [6.45, 7) is 3.35. The van der Waals surface area contributed by atoms with E-state index < -0.39 is 45.6 Å². The highest BCUT2D eigenvalue weighted by Crippen LogP contribution is 2.26. The summed E-state index contributed by atoms with van der Waals surface area (Å²) in [6.07, 6.45) is -0.645. The van der Waals surface area contributed by atoms with E-state index >= 15 is 0 Å². The van der Waals surface area contributed by atoms with E-state index in [0.29, 0.717) is 11.8 Å². The van der Waals surface area contributed by atoms with Gasteiger partial charge >= 0.3 is 5.97 Å². The van der Waals surface area contributed by atoms with Crippen molar-refractivity contribution in [3.05, 3.63) is 59.7 Å². The van der Waals surface area contributed by atoms with Gasteiger partial charge in [0.25, 0.3) is 5.91 Å². The van der Waals surface area contributed by atoms with Gasteiger partial charge in [0.15, 0.2) is 17.7 Å². The highest BCUT2D eigenvalue weighted by atomic mass is 32.2. The zero-order valence-corrected chi connectivity index (χ0v) is 18.5. The van der Waals surface area contributed by atoms with Gasteiger partial charge in [-0.2, -0.15) is 4.31 Å². The Balaban J connectivity index is 1.55. The molecule has 1 aliphatic heterocycles. The first-order chi connectivity index (χ1) is 15.1. The average molecular weight is 467 g/mol. The van der Waals surface area contributed by atoms with Crippen molar-refractivity contribution in [2.24, 2.45) is 5.92 Å². The molecule has 1 aliphatic rings. The third-order valence-electron chi connectivity index (χ3n) is 5.38. The molecule has 0 spiro atoms. The molecule has 1 unspecified atom stereocenters. The van der Waals surface area contributed by atoms with Crippen molar-refractivity contribution in [1.82, 2.24) is 4.31 Å². The number of carbonyl (C=O) groups is 2. The Hall–Kier alpha value is -2.85. The van der Waals surface area contributed by atoms with Crippen molar-refractivity contribution in [1.29, 1.82) is 0 Å². The molecule has 3 rings (SSSR count). The lowest BCUT2D eigenvalue weighted by Crippen LogP contribution is -2.41. The molecule has 7 nitrogen and oxygen atoms in total. The fourth-order valence-corrected chi connectivity index (χ4v) is 4.87. The minimum atomic E-state index is -4.02. The van der Waals surface area contributed by atoms with E-state index in [1.54, 1.807) is 12.1 Å². The van der Waals surface area contributed by atoms with Gasteiger partial charge in [-0.1, -0.05) is 18.2 Å². The van der Waals surface area contributed by atoms with Crippen molar-refractivity contribution >= 4 is 27.6 Å². The third-order valence-corrected chi connectivity index (χ3v) is 7.28. The third kappa shape index (κ3) is 5.31. The van der Waals surface area contributed by atoms with Gasteiger partial charge in [0.1, 0.15) is 0 Å². The van der Waals surface area contributed by atoms with Gasteiger partial charge in [0, 0.05) is 18.8 Å². The molecule has 32 heavy (non-hydrogen) atoms. The number of amides is 1. The Kier molecular flexibility index (Phi) is 7.25. The number of hydrogen-bond acceptors (Lipinski definition) is 5. The molecule has 1 fully saturated rings. The molecule has 0 saturated carbocycles. The van der Waals surface area contributed by atoms with Gasteiger partial charge in [-0.05, 0) is 56.5 Å². The van der Waals surface area contributed by atoms with E-state index in [1.807, 2.05) is 19.1 Å². The average Bonchev–Trinajstić information content (AvgIpc) is 2.77. The van der Waals surface area contributed by atoms with Crippen LogP contribution >= 0.6 is 0 Å². The lowest BCUT2D eigenvalue weighted by atomic mass is 9.98. The number of halogens is 2. The lowest BCUT2D eigenvalue weighted by molar-refractivity contribution is -0.158. The van der Waals surface area contributed by atoms with E-state index in [2.05, 4.69) is 5.32 Å². The second-order valence-corrected chi connectivity index (χ2v) is 9.58. The van der Waals surface area contributed by atoms with E-state index in [9.17, 15) is 26.8 Å². The van der Waals surface area contributed by atoms with Crippen LogP contribution < -0.4 is 5.32 Å². The first-order valence-electron chi connectivity index (χ1n) is 10.1. The Morgan fingerprint density at radius 2 is 1.75 bits per heavy atom. The number of rotatable bonds is 6. The summed E-state index contributed by atoms with van der Waals surface area (Å²) in [6, 6.07) is 9.60. The first-order valence-corrected chi connectivity index (χ1v) is 11.6. The topological polar surface area (TPSA) is 92.8 Å². The second kappa shape index (κ2) is 9.74. The molecule has 1 heterocycles. The van der Waals surface area contributed by atoms with Gasteiger partial charge < -0.3 is 10.1 Å². The highest BCUT2D eigenvalue weighted by molar-refractivity contribution is 7.89. The van der Waals surface area contributed by atoms with Gasteiger partial charge in [0.2, 0.25) is 10.0 Å². The van der Waals surface area contributed by atoms with Crippen LogP contribution in [0.25, 0.3) is 0 Å². The molecule has 2 aromatic carbocycles. The Labute approximate surface area is 185 Å². The van der Waals surface area contributed by atoms with Crippen molar-refractivity contribution in [3.63, 3.8) is 0 Å². The molecule has 1 N–H and O–H groups in total. The second-order valence-electron chi connectivity index (χ2n) is 7.64. The normalized spacial score (nSPS) is 16.4. The fourth-order valence-electron chi connectivity index (χ4n) is 3.39. The Morgan fingerprint density at radius 3 is 2.38 bits per heavy atom. The highest BCUT2D eigenvalue weighted by Gasteiger charge is 2.34. The lowest BCUT2D eigenvalue weighted by Gasteiger charge is -2.30. The summed E-state index contributed by atoms with van der Waals surface area (Å²) < 4.78 is 58.3. The number of hydrogen-bond donors (Lipinski definition) is 1. The number of anilines is 1. The minimum absolute atomic E-state index is 0.0187. The SMILES string of the molecule is Cc1ccccc1NC(=O)C(C)OC(=O)C1CCN(S(=O)(=O)c2ccc(F)c(F)c2)CC1. The number of nitrogens with one attached hydrogen (secondary N) is 1. The first kappa shape index (κ1) is 23.8. The molecule has 0 aliphatic carbocycles. The zero-order chi connectivity index (χ0) is 23.5. The predicted molar refractivity (Wildman–Crippen MR) is 113 cm³/mol. The number of esters is 1. The van der Waals surface area contributed by atoms with E-state index in [-0.39, 0.29) is 30.8 Å². The number of sulfonamides is 1. The van der Waals surface area contributed by atoms with Gasteiger partial charge in [-0.25, -0.2) is 17.2 Å². The monoisotopic (exact) mass is 466 g/mol. The van der Waals surface area contributed by atoms with Gasteiger partial charge in [0.05, 0.1) is 10.8 Å². The van der Waals surface area contributed by atoms with Crippen LogP contribution in [-0.2, 0) is 24.3 Å². The minimum Gasteiger partial charge on any atom is -0.452 e. The smallest absolute Gasteiger partial charge is 0.309 e. The summed E-state index contributed by atoms with van der Waals surface area (Å²) >= 11 is 0. The van der Waals surface area contributed by atoms with Gasteiger partial charge in [-0.15, -0.1) is 0 Å². The molecular formula is C22H24F2N2O5S. The van der Waals surface area contributed by atoms with Crippen molar-refractivity contribution in [2.45, 2.75) is 37.7 Å². The van der Waals surface area contributed by atoms with Crippen LogP contribution in [0.15, 0.2) is 47.4 Å². The van der Waals surface area contributed by atoms with E-state index in [0.717, 1.165) is 22.0 Å². The molecule has 0 bridgehead atoms. The predicted octanol–water partition coefficient (Wildman–Crippen LogP) is 3.24. The number of piperidine rings is 1. The largest absolute Gasteiger partial charge is 0.452 e. The number of para-hydroxylation sites is 1. The maximum Gasteiger partial charge on any atom is 0.309 e. The fraction of sp³-hybridized carbons (Fsp3) is 0.364. The van der Waals surface area contributed by atoms with Gasteiger partial charge in [-0.3, -0.25) is 9.59 Å². The molecule has 1 amide bonds. The molecular weight excluding hydrogens is 442 g/mol. The maximum atomic E-state index is 13.4. The summed E-state index contributed by atoms with van der Waals surface area (Å²) in [5.74, 6) is -4.00. The standard InChI is InChI=1S/C22H24F2N2O5S/c1-14-5-3-4-6-20(14)25-21(27)15(2)31-22(28)16-9-11-26(12-10-16)32(29,30)17-7-8-18(23)19(24)13-17/h3-8,13,15-16H,9-12H2,1-2H3,(H,25,27). The van der Waals surface area contributed by atoms with Crippen molar-refractivity contribution in [2.75, 3.05) is 18.4 Å². The molecule has 0 aromatic heterocycles. The van der Waals surface area contributed by atoms with Crippen molar-refractivity contribution < 1.29 is 31.5 Å². The van der Waals surface area contributed by atoms with Crippen LogP contribution in [0.2, 0.25) is 0 Å². The summed E-state index contributed by atoms with van der Waals surface area (Å²) in [7, 11) is -4.02. The van der Waals surface area contributed by atoms with E-state index in [4.69, 9.17) is 4.74 Å².